The number of anilines is 2. The van der Waals surface area contributed by atoms with Crippen molar-refractivity contribution in [3.8, 4) is 0 Å². The van der Waals surface area contributed by atoms with E-state index in [0.717, 1.165) is 16.8 Å². The van der Waals surface area contributed by atoms with Gasteiger partial charge >= 0.3 is 7.60 Å². The van der Waals surface area contributed by atoms with Crippen LogP contribution in [0.5, 0.6) is 0 Å². The molecule has 4 rings (SSSR count). The molecule has 1 aliphatic heterocycles. The van der Waals surface area contributed by atoms with E-state index in [9.17, 15) is 14.2 Å². The van der Waals surface area contributed by atoms with Crippen LogP contribution in [0.1, 0.15) is 37.5 Å². The zero-order valence-electron chi connectivity index (χ0n) is 21.0. The van der Waals surface area contributed by atoms with Gasteiger partial charge in [-0.25, -0.2) is 0 Å². The number of hydrogen-bond donors (Lipinski definition) is 3. The first kappa shape index (κ1) is 26.4. The van der Waals surface area contributed by atoms with Crippen LogP contribution < -0.4 is 21.3 Å². The maximum atomic E-state index is 13.5. The molecule has 0 bridgehead atoms. The average Bonchev–Trinajstić information content (AvgIpc) is 3.22. The zero-order chi connectivity index (χ0) is 26.4. The Balaban J connectivity index is 1.79. The Bertz CT molecular complexity index is 1360. The minimum atomic E-state index is -3.55. The van der Waals surface area contributed by atoms with E-state index in [-0.39, 0.29) is 25.0 Å². The van der Waals surface area contributed by atoms with Gasteiger partial charge < -0.3 is 25.0 Å². The van der Waals surface area contributed by atoms with Crippen molar-refractivity contribution in [1.29, 1.82) is 0 Å². The third-order valence-electron chi connectivity index (χ3n) is 5.74. The van der Waals surface area contributed by atoms with Crippen molar-refractivity contribution in [2.45, 2.75) is 27.3 Å². The lowest BCUT2D eigenvalue weighted by molar-refractivity contribution is -0.119. The summed E-state index contributed by atoms with van der Waals surface area (Å²) < 4.78 is 24.5. The molecule has 0 aliphatic carbocycles. The summed E-state index contributed by atoms with van der Waals surface area (Å²) >= 11 is 0. The molecule has 3 aromatic rings. The molecule has 0 spiro atoms. The predicted octanol–water partition coefficient (Wildman–Crippen LogP) is 5.15. The Morgan fingerprint density at radius 2 is 1.62 bits per heavy atom. The minimum Gasteiger partial charge on any atom is -0.354 e. The fraction of sp³-hybridized carbons (Fsp3) is 0.214. The molecule has 0 aromatic heterocycles. The first-order valence-corrected chi connectivity index (χ1v) is 13.6. The number of nitrogens with one attached hydrogen (secondary N) is 3. The summed E-state index contributed by atoms with van der Waals surface area (Å²) in [4.78, 5) is 24.5. The van der Waals surface area contributed by atoms with Gasteiger partial charge in [-0.05, 0) is 55.3 Å². The van der Waals surface area contributed by atoms with Crippen molar-refractivity contribution in [2.75, 3.05) is 23.8 Å². The van der Waals surface area contributed by atoms with E-state index in [1.54, 1.807) is 32.0 Å². The molecule has 192 valence electrons. The van der Waals surface area contributed by atoms with E-state index < -0.39 is 7.60 Å². The number of carbonyl (C=O) groups excluding carboxylic acids is 2. The second-order valence-electron chi connectivity index (χ2n) is 8.36. The molecule has 0 fully saturated rings. The second-order valence-corrected chi connectivity index (χ2v) is 10.4. The molecule has 0 saturated carbocycles. The first-order valence-electron chi connectivity index (χ1n) is 12.1. The lowest BCUT2D eigenvalue weighted by Gasteiger charge is -2.18. The summed E-state index contributed by atoms with van der Waals surface area (Å²) in [6.07, 6.45) is 0. The highest BCUT2D eigenvalue weighted by molar-refractivity contribution is 7.62. The Kier molecular flexibility index (Phi) is 8.24. The van der Waals surface area contributed by atoms with Crippen molar-refractivity contribution in [3.63, 3.8) is 0 Å². The number of amides is 2. The molecule has 2 amide bonds. The van der Waals surface area contributed by atoms with E-state index in [1.165, 1.54) is 6.92 Å². The molecule has 1 aliphatic rings. The smallest absolute Gasteiger partial charge is 0.354 e. The Hall–Kier alpha value is -3.71. The third kappa shape index (κ3) is 6.00. The second kappa shape index (κ2) is 11.6. The topological polar surface area (TPSA) is 106 Å². The molecule has 3 N–H and O–H groups in total. The van der Waals surface area contributed by atoms with Gasteiger partial charge in [-0.3, -0.25) is 14.2 Å². The molecular weight excluding hydrogens is 489 g/mol. The van der Waals surface area contributed by atoms with Crippen LogP contribution in [0, 0.1) is 0 Å². The van der Waals surface area contributed by atoms with Crippen LogP contribution in [0.3, 0.4) is 0 Å². The summed E-state index contributed by atoms with van der Waals surface area (Å²) in [5.41, 5.74) is 4.78. The quantitative estimate of drug-likeness (QED) is 0.253. The lowest BCUT2D eigenvalue weighted by Crippen LogP contribution is -2.18. The standard InChI is InChI=1S/C28H30N3O5P/c1-4-35-37(34,36-5-2)23-15-16-25-24(17-23)26(28(33)31-25)27(21-9-7-6-8-10-21)30-22-13-11-20(12-14-22)18-29-19(3)32/h6-17,30H,4-5,18H2,1-3H3,(H,29,32)(H,31,33). The SMILES string of the molecule is CCOP(=O)(OCC)c1ccc2c(c1)C(=C(Nc1ccc(CNC(C)=O)cc1)c1ccccc1)C(=O)N2. The molecule has 1 heterocycles. The van der Waals surface area contributed by atoms with Crippen molar-refractivity contribution < 1.29 is 23.2 Å². The lowest BCUT2D eigenvalue weighted by atomic mass is 10.00. The summed E-state index contributed by atoms with van der Waals surface area (Å²) in [5.74, 6) is -0.370. The Morgan fingerprint density at radius 3 is 2.24 bits per heavy atom. The van der Waals surface area contributed by atoms with Crippen LogP contribution in [0.15, 0.2) is 72.8 Å². The predicted molar refractivity (Wildman–Crippen MR) is 146 cm³/mol. The first-order chi connectivity index (χ1) is 17.8. The van der Waals surface area contributed by atoms with Crippen LogP contribution in [-0.2, 0) is 29.7 Å². The van der Waals surface area contributed by atoms with E-state index in [0.29, 0.717) is 34.4 Å². The summed E-state index contributed by atoms with van der Waals surface area (Å²) in [6, 6.07) is 22.2. The van der Waals surface area contributed by atoms with Gasteiger partial charge in [0.1, 0.15) is 0 Å². The molecule has 3 aromatic carbocycles. The number of fused-ring (bicyclic) bond motifs is 1. The fourth-order valence-corrected chi connectivity index (χ4v) is 5.66. The molecule has 0 unspecified atom stereocenters. The fourth-order valence-electron chi connectivity index (χ4n) is 4.06. The summed E-state index contributed by atoms with van der Waals surface area (Å²) in [6.45, 7) is 5.88. The number of hydrogen-bond acceptors (Lipinski definition) is 6. The van der Waals surface area contributed by atoms with Crippen molar-refractivity contribution in [2.24, 2.45) is 0 Å². The number of carbonyl (C=O) groups is 2. The maximum Gasteiger partial charge on any atom is 0.361 e. The number of benzene rings is 3. The zero-order valence-corrected chi connectivity index (χ0v) is 21.9. The van der Waals surface area contributed by atoms with Crippen molar-refractivity contribution >= 4 is 47.4 Å². The monoisotopic (exact) mass is 519 g/mol. The van der Waals surface area contributed by atoms with Gasteiger partial charge in [0.25, 0.3) is 5.91 Å². The van der Waals surface area contributed by atoms with Gasteiger partial charge in [0, 0.05) is 30.4 Å². The molecule has 0 atom stereocenters. The molecule has 9 heteroatoms. The maximum absolute atomic E-state index is 13.5. The van der Waals surface area contributed by atoms with Gasteiger partial charge in [0.05, 0.1) is 29.8 Å². The van der Waals surface area contributed by atoms with Gasteiger partial charge in [-0.15, -0.1) is 0 Å². The number of rotatable bonds is 10. The molecule has 0 radical (unpaired) electrons. The Labute approximate surface area is 216 Å². The minimum absolute atomic E-state index is 0.0956. The highest BCUT2D eigenvalue weighted by atomic mass is 31.2. The van der Waals surface area contributed by atoms with Gasteiger partial charge in [0.2, 0.25) is 5.91 Å². The third-order valence-corrected chi connectivity index (χ3v) is 7.85. The van der Waals surface area contributed by atoms with Crippen LogP contribution in [-0.4, -0.2) is 25.0 Å². The molecule has 37 heavy (non-hydrogen) atoms. The summed E-state index contributed by atoms with van der Waals surface area (Å²) in [5, 5.41) is 9.49. The normalized spacial score (nSPS) is 14.1. The largest absolute Gasteiger partial charge is 0.361 e. The highest BCUT2D eigenvalue weighted by Crippen LogP contribution is 2.48. The van der Waals surface area contributed by atoms with E-state index in [4.69, 9.17) is 9.05 Å². The van der Waals surface area contributed by atoms with Gasteiger partial charge in [-0.2, -0.15) is 0 Å². The molecule has 8 nitrogen and oxygen atoms in total. The van der Waals surface area contributed by atoms with Crippen LogP contribution in [0.25, 0.3) is 11.3 Å². The van der Waals surface area contributed by atoms with Crippen LogP contribution in [0.2, 0.25) is 0 Å². The Morgan fingerprint density at radius 1 is 0.946 bits per heavy atom. The van der Waals surface area contributed by atoms with E-state index in [2.05, 4.69) is 16.0 Å². The van der Waals surface area contributed by atoms with Crippen molar-refractivity contribution in [3.05, 3.63) is 89.5 Å². The van der Waals surface area contributed by atoms with Crippen LogP contribution >= 0.6 is 7.60 Å². The summed E-state index contributed by atoms with van der Waals surface area (Å²) in [7, 11) is -3.55. The molecular formula is C28H30N3O5P. The van der Waals surface area contributed by atoms with Gasteiger partial charge in [-0.1, -0.05) is 42.5 Å². The molecule has 0 saturated heterocycles. The highest BCUT2D eigenvalue weighted by Gasteiger charge is 2.33. The van der Waals surface area contributed by atoms with E-state index in [1.807, 2.05) is 54.6 Å². The van der Waals surface area contributed by atoms with Crippen LogP contribution in [0.4, 0.5) is 11.4 Å². The van der Waals surface area contributed by atoms with E-state index >= 15 is 0 Å². The van der Waals surface area contributed by atoms with Gasteiger partial charge in [0.15, 0.2) is 0 Å². The van der Waals surface area contributed by atoms with Crippen molar-refractivity contribution in [1.82, 2.24) is 5.32 Å². The average molecular weight is 520 g/mol.